The van der Waals surface area contributed by atoms with E-state index in [2.05, 4.69) is 25.5 Å². The fourth-order valence-corrected chi connectivity index (χ4v) is 3.12. The second-order valence-electron chi connectivity index (χ2n) is 6.96. The number of esters is 1. The molecule has 0 unspecified atom stereocenters. The van der Waals surface area contributed by atoms with Gasteiger partial charge in [-0.1, -0.05) is 18.2 Å². The normalized spacial score (nSPS) is 11.8. The summed E-state index contributed by atoms with van der Waals surface area (Å²) in [5, 5.41) is 10.2. The number of alkyl halides is 3. The number of benzene rings is 2. The lowest BCUT2D eigenvalue weighted by molar-refractivity contribution is -0.138. The van der Waals surface area contributed by atoms with Crippen molar-refractivity contribution in [2.75, 3.05) is 11.9 Å². The Morgan fingerprint density at radius 3 is 2.82 bits per heavy atom. The van der Waals surface area contributed by atoms with Gasteiger partial charge in [-0.05, 0) is 42.8 Å². The summed E-state index contributed by atoms with van der Waals surface area (Å²) in [7, 11) is 0. The maximum atomic E-state index is 13.6. The number of rotatable bonds is 6. The van der Waals surface area contributed by atoms with Gasteiger partial charge in [0.1, 0.15) is 11.4 Å². The van der Waals surface area contributed by atoms with E-state index >= 15 is 0 Å². The quantitative estimate of drug-likeness (QED) is 0.302. The zero-order valence-electron chi connectivity index (χ0n) is 17.3. The molecule has 4 rings (SSSR count). The predicted octanol–water partition coefficient (Wildman–Crippen LogP) is 5.36. The highest BCUT2D eigenvalue weighted by atomic mass is 19.4. The van der Waals surface area contributed by atoms with Crippen LogP contribution in [0.3, 0.4) is 0 Å². The van der Waals surface area contributed by atoms with Crippen molar-refractivity contribution < 1.29 is 22.7 Å². The van der Waals surface area contributed by atoms with Crippen molar-refractivity contribution in [3.05, 3.63) is 72.1 Å². The monoisotopic (exact) mass is 453 g/mol. The zero-order valence-corrected chi connectivity index (χ0v) is 17.3. The molecule has 0 aliphatic carbocycles. The standard InChI is InChI=1S/C23H18F3N5O2/c1-2-33-20(32)9-6-14-4-3-5-15(10-14)21-27-13-18(23(24,25)26)22(30-21)29-17-7-8-19-16(11-17)12-28-31-19/h3-13H,2H2,1H3,(H,28,31)(H,27,29,30)/b9-6+. The van der Waals surface area contributed by atoms with Gasteiger partial charge in [-0.2, -0.15) is 18.3 Å². The van der Waals surface area contributed by atoms with Crippen LogP contribution >= 0.6 is 0 Å². The number of nitrogens with zero attached hydrogens (tertiary/aromatic N) is 3. The molecule has 168 valence electrons. The molecule has 2 heterocycles. The zero-order chi connectivity index (χ0) is 23.4. The van der Waals surface area contributed by atoms with Crippen LogP contribution in [-0.2, 0) is 15.7 Å². The average molecular weight is 453 g/mol. The molecular weight excluding hydrogens is 435 g/mol. The molecule has 2 N–H and O–H groups in total. The number of aromatic amines is 1. The van der Waals surface area contributed by atoms with Gasteiger partial charge in [0.2, 0.25) is 0 Å². The Labute approximate surface area is 186 Å². The maximum Gasteiger partial charge on any atom is 0.421 e. The van der Waals surface area contributed by atoms with Gasteiger partial charge in [0, 0.05) is 28.9 Å². The Kier molecular flexibility index (Phi) is 6.07. The molecule has 0 bridgehead atoms. The number of nitrogens with one attached hydrogen (secondary N) is 2. The second kappa shape index (κ2) is 9.11. The van der Waals surface area contributed by atoms with E-state index in [0.29, 0.717) is 16.8 Å². The van der Waals surface area contributed by atoms with E-state index in [0.717, 1.165) is 17.1 Å². The highest BCUT2D eigenvalue weighted by Crippen LogP contribution is 2.36. The number of hydrogen-bond donors (Lipinski definition) is 2. The second-order valence-corrected chi connectivity index (χ2v) is 6.96. The van der Waals surface area contributed by atoms with E-state index in [1.54, 1.807) is 61.7 Å². The summed E-state index contributed by atoms with van der Waals surface area (Å²) in [5.74, 6) is -0.765. The number of fused-ring (bicyclic) bond motifs is 1. The summed E-state index contributed by atoms with van der Waals surface area (Å²) in [5.41, 5.74) is 1.32. The van der Waals surface area contributed by atoms with Crippen molar-refractivity contribution >= 4 is 34.5 Å². The highest BCUT2D eigenvalue weighted by Gasteiger charge is 2.35. The largest absolute Gasteiger partial charge is 0.463 e. The van der Waals surface area contributed by atoms with Crippen LogP contribution in [-0.4, -0.2) is 32.7 Å². The van der Waals surface area contributed by atoms with E-state index in [9.17, 15) is 18.0 Å². The lowest BCUT2D eigenvalue weighted by Crippen LogP contribution is -2.12. The maximum absolute atomic E-state index is 13.6. The summed E-state index contributed by atoms with van der Waals surface area (Å²) < 4.78 is 45.7. The molecule has 0 saturated carbocycles. The Morgan fingerprint density at radius 2 is 2.03 bits per heavy atom. The van der Waals surface area contributed by atoms with Gasteiger partial charge in [-0.15, -0.1) is 0 Å². The number of halogens is 3. The molecule has 10 heteroatoms. The SMILES string of the molecule is CCOC(=O)/C=C/c1cccc(-c2ncc(C(F)(F)F)c(Nc3ccc4[nH]ncc4c3)n2)c1. The first-order chi connectivity index (χ1) is 15.8. The Hall–Kier alpha value is -4.21. The summed E-state index contributed by atoms with van der Waals surface area (Å²) in [4.78, 5) is 19.6. The number of carbonyl (C=O) groups excluding carboxylic acids is 1. The van der Waals surface area contributed by atoms with Gasteiger partial charge >= 0.3 is 12.1 Å². The Bertz CT molecular complexity index is 1330. The number of H-pyrrole nitrogens is 1. The van der Waals surface area contributed by atoms with Gasteiger partial charge in [-0.25, -0.2) is 14.8 Å². The van der Waals surface area contributed by atoms with Crippen LogP contribution in [0.1, 0.15) is 18.1 Å². The van der Waals surface area contributed by atoms with Crippen LogP contribution in [0.2, 0.25) is 0 Å². The van der Waals surface area contributed by atoms with Gasteiger partial charge in [0.15, 0.2) is 5.82 Å². The van der Waals surface area contributed by atoms with E-state index < -0.39 is 17.7 Å². The summed E-state index contributed by atoms with van der Waals surface area (Å²) in [6.07, 6.45) is 0.499. The lowest BCUT2D eigenvalue weighted by atomic mass is 10.1. The minimum absolute atomic E-state index is 0.0984. The van der Waals surface area contributed by atoms with Crippen LogP contribution < -0.4 is 5.32 Å². The van der Waals surface area contributed by atoms with E-state index in [-0.39, 0.29) is 18.2 Å². The molecule has 0 fully saturated rings. The minimum atomic E-state index is -4.65. The van der Waals surface area contributed by atoms with Crippen molar-refractivity contribution in [2.45, 2.75) is 13.1 Å². The molecule has 0 aliphatic heterocycles. The summed E-state index contributed by atoms with van der Waals surface area (Å²) in [6, 6.07) is 11.8. The summed E-state index contributed by atoms with van der Waals surface area (Å²) in [6.45, 7) is 1.96. The minimum Gasteiger partial charge on any atom is -0.463 e. The first kappa shape index (κ1) is 22.0. The van der Waals surface area contributed by atoms with Crippen molar-refractivity contribution in [1.29, 1.82) is 0 Å². The van der Waals surface area contributed by atoms with Crippen molar-refractivity contribution in [3.8, 4) is 11.4 Å². The fraction of sp³-hybridized carbons (Fsp3) is 0.130. The topological polar surface area (TPSA) is 92.8 Å². The van der Waals surface area contributed by atoms with E-state index in [1.165, 1.54) is 6.08 Å². The molecule has 0 aliphatic rings. The number of carbonyl (C=O) groups is 1. The van der Waals surface area contributed by atoms with E-state index in [4.69, 9.17) is 4.74 Å². The molecule has 0 spiro atoms. The molecule has 33 heavy (non-hydrogen) atoms. The fourth-order valence-electron chi connectivity index (χ4n) is 3.12. The Morgan fingerprint density at radius 1 is 1.18 bits per heavy atom. The highest BCUT2D eigenvalue weighted by molar-refractivity contribution is 5.87. The van der Waals surface area contributed by atoms with Gasteiger partial charge in [-0.3, -0.25) is 5.10 Å². The first-order valence-electron chi connectivity index (χ1n) is 9.93. The number of anilines is 2. The number of hydrogen-bond acceptors (Lipinski definition) is 6. The van der Waals surface area contributed by atoms with Crippen molar-refractivity contribution in [1.82, 2.24) is 20.2 Å². The summed E-state index contributed by atoms with van der Waals surface area (Å²) >= 11 is 0. The lowest BCUT2D eigenvalue weighted by Gasteiger charge is -2.14. The van der Waals surface area contributed by atoms with Crippen LogP contribution in [0.4, 0.5) is 24.7 Å². The van der Waals surface area contributed by atoms with Crippen LogP contribution in [0.25, 0.3) is 28.4 Å². The molecule has 0 radical (unpaired) electrons. The van der Waals surface area contributed by atoms with Crippen molar-refractivity contribution in [2.24, 2.45) is 0 Å². The van der Waals surface area contributed by atoms with Gasteiger partial charge in [0.05, 0.1) is 18.3 Å². The molecule has 0 amide bonds. The molecule has 7 nitrogen and oxygen atoms in total. The molecular formula is C23H18F3N5O2. The van der Waals surface area contributed by atoms with Crippen LogP contribution in [0.15, 0.2) is 60.9 Å². The third kappa shape index (κ3) is 5.17. The Balaban J connectivity index is 1.69. The van der Waals surface area contributed by atoms with Crippen LogP contribution in [0.5, 0.6) is 0 Å². The molecule has 0 atom stereocenters. The molecule has 2 aromatic carbocycles. The van der Waals surface area contributed by atoms with E-state index in [1.807, 2.05) is 0 Å². The molecule has 2 aromatic heterocycles. The number of aromatic nitrogens is 4. The smallest absolute Gasteiger partial charge is 0.421 e. The predicted molar refractivity (Wildman–Crippen MR) is 118 cm³/mol. The van der Waals surface area contributed by atoms with Crippen molar-refractivity contribution in [3.63, 3.8) is 0 Å². The van der Waals surface area contributed by atoms with Crippen LogP contribution in [0, 0.1) is 0 Å². The third-order valence-electron chi connectivity index (χ3n) is 4.64. The molecule has 0 saturated heterocycles. The molecule has 4 aromatic rings. The average Bonchev–Trinajstić information content (AvgIpc) is 3.25. The number of ether oxygens (including phenoxy) is 1. The van der Waals surface area contributed by atoms with Gasteiger partial charge in [0.25, 0.3) is 0 Å². The third-order valence-corrected chi connectivity index (χ3v) is 4.64. The van der Waals surface area contributed by atoms with Gasteiger partial charge < -0.3 is 10.1 Å². The first-order valence-corrected chi connectivity index (χ1v) is 9.93.